The third kappa shape index (κ3) is 31.4. The first-order chi connectivity index (χ1) is 32.0. The number of carbonyl (C=O) groups is 3. The summed E-state index contributed by atoms with van der Waals surface area (Å²) in [5.41, 5.74) is -3.48. The van der Waals surface area contributed by atoms with Crippen molar-refractivity contribution in [3.63, 3.8) is 0 Å². The molecule has 0 aromatic rings. The summed E-state index contributed by atoms with van der Waals surface area (Å²) in [6.45, 7) is 6.32. The van der Waals surface area contributed by atoms with Crippen LogP contribution >= 0.6 is 0 Å². The molecule has 0 saturated heterocycles. The average molecular weight is 921 g/mol. The van der Waals surface area contributed by atoms with Crippen LogP contribution in [-0.4, -0.2) is 84.1 Å². The molecule has 0 aromatic heterocycles. The highest BCUT2D eigenvalue weighted by atomic mass is 16.4. The van der Waals surface area contributed by atoms with Gasteiger partial charge in [0.15, 0.2) is 35.2 Å². The van der Waals surface area contributed by atoms with E-state index >= 15 is 0 Å². The molecular formula is C57H92O9. The van der Waals surface area contributed by atoms with Crippen molar-refractivity contribution < 1.29 is 45.0 Å². The van der Waals surface area contributed by atoms with Crippen LogP contribution in [0.25, 0.3) is 0 Å². The number of carbonyl (C=O) groups excluding carboxylic acids is 3. The summed E-state index contributed by atoms with van der Waals surface area (Å²) in [6, 6.07) is 0. The second-order valence-corrected chi connectivity index (χ2v) is 17.2. The molecule has 6 N–H and O–H groups in total. The van der Waals surface area contributed by atoms with Gasteiger partial charge in [-0.25, -0.2) is 0 Å². The largest absolute Gasteiger partial charge is 0.385 e. The molecule has 0 radical (unpaired) electrons. The molecule has 9 nitrogen and oxygen atoms in total. The SMILES string of the molecule is CC/C=C/C/C=C/C/C=C/CCCCCCC(O)C(=O)C(O)C(O)(C(=O)C(O)CCCCCC/C=C/C/C=C/C/C=C/CC)C(O)C(=O)C(O)CCCCCC/C=C/C/C=C/C/C=C/CC. The minimum Gasteiger partial charge on any atom is -0.385 e. The smallest absolute Gasteiger partial charge is 0.199 e. The first-order valence-corrected chi connectivity index (χ1v) is 25.6. The van der Waals surface area contributed by atoms with Crippen LogP contribution in [0.15, 0.2) is 109 Å². The molecule has 0 heterocycles. The maximum atomic E-state index is 13.7. The van der Waals surface area contributed by atoms with E-state index in [0.717, 1.165) is 116 Å². The Kier molecular flexibility index (Phi) is 41.6. The van der Waals surface area contributed by atoms with Crippen molar-refractivity contribution in [2.24, 2.45) is 0 Å². The number of aliphatic hydroxyl groups excluding tert-OH is 5. The van der Waals surface area contributed by atoms with Crippen LogP contribution < -0.4 is 0 Å². The number of ketones is 3. The lowest BCUT2D eigenvalue weighted by atomic mass is 9.77. The molecule has 0 rings (SSSR count). The van der Waals surface area contributed by atoms with Crippen LogP contribution in [0.2, 0.25) is 0 Å². The molecule has 0 aliphatic carbocycles. The van der Waals surface area contributed by atoms with Gasteiger partial charge in [0.25, 0.3) is 0 Å². The van der Waals surface area contributed by atoms with Gasteiger partial charge in [-0.05, 0) is 116 Å². The Morgan fingerprint density at radius 3 is 0.879 bits per heavy atom. The second-order valence-electron chi connectivity index (χ2n) is 17.2. The minimum absolute atomic E-state index is 0.0746. The lowest BCUT2D eigenvalue weighted by Gasteiger charge is -2.36. The summed E-state index contributed by atoms with van der Waals surface area (Å²) in [5.74, 6) is -4.18. The van der Waals surface area contributed by atoms with Gasteiger partial charge in [-0.3, -0.25) is 14.4 Å². The van der Waals surface area contributed by atoms with Gasteiger partial charge in [0, 0.05) is 0 Å². The zero-order chi connectivity index (χ0) is 48.9. The van der Waals surface area contributed by atoms with E-state index in [-0.39, 0.29) is 19.3 Å². The summed E-state index contributed by atoms with van der Waals surface area (Å²) in [6.07, 6.45) is 46.6. The van der Waals surface area contributed by atoms with Gasteiger partial charge in [-0.15, -0.1) is 0 Å². The molecule has 0 amide bonds. The zero-order valence-corrected chi connectivity index (χ0v) is 41.3. The van der Waals surface area contributed by atoms with E-state index in [1.54, 1.807) is 0 Å². The van der Waals surface area contributed by atoms with Crippen molar-refractivity contribution in [2.45, 2.75) is 230 Å². The third-order valence-corrected chi connectivity index (χ3v) is 11.4. The number of aliphatic hydroxyl groups is 6. The van der Waals surface area contributed by atoms with Crippen LogP contribution in [0.1, 0.15) is 194 Å². The summed E-state index contributed by atoms with van der Waals surface area (Å²) in [4.78, 5) is 40.5. The standard InChI is InChI=1S/C57H92O9/c1-4-7-10-13-16-19-22-25-28-31-34-37-40-43-46-49(58)52(61)55(64)57(66,54(63)51(60)48-45-42-39-36-33-30-27-24-21-18-15-12-9-6-3)56(65)53(62)50(59)47-44-41-38-35-32-29-26-23-20-17-14-11-8-5-2/h7-12,16-21,25-30,49-51,55-56,58-60,64-66H,4-6,13-15,22-24,31-48H2,1-3H3/b10-7+,11-8+,12-9+,19-16+,20-17+,21-18+,28-25+,29-26+,30-27+. The Labute approximate surface area is 400 Å². The Morgan fingerprint density at radius 1 is 0.348 bits per heavy atom. The van der Waals surface area contributed by atoms with Gasteiger partial charge >= 0.3 is 0 Å². The molecule has 374 valence electrons. The Balaban J connectivity index is 5.33. The molecule has 5 atom stereocenters. The summed E-state index contributed by atoms with van der Waals surface area (Å²) in [7, 11) is 0. The van der Waals surface area contributed by atoms with E-state index in [4.69, 9.17) is 0 Å². The number of Topliss-reactive ketones (excluding diaryl/α,β-unsaturated/α-hetero) is 3. The maximum absolute atomic E-state index is 13.7. The topological polar surface area (TPSA) is 173 Å². The predicted molar refractivity (Wildman–Crippen MR) is 274 cm³/mol. The molecular weight excluding hydrogens is 829 g/mol. The van der Waals surface area contributed by atoms with E-state index in [0.29, 0.717) is 38.5 Å². The lowest BCUT2D eigenvalue weighted by molar-refractivity contribution is -0.191. The van der Waals surface area contributed by atoms with E-state index in [1.165, 1.54) is 0 Å². The van der Waals surface area contributed by atoms with Crippen molar-refractivity contribution in [3.05, 3.63) is 109 Å². The van der Waals surface area contributed by atoms with E-state index in [1.807, 2.05) is 0 Å². The van der Waals surface area contributed by atoms with Crippen molar-refractivity contribution in [1.29, 1.82) is 0 Å². The van der Waals surface area contributed by atoms with E-state index in [2.05, 4.69) is 130 Å². The first kappa shape index (κ1) is 62.4. The lowest BCUT2D eigenvalue weighted by Crippen LogP contribution is -2.67. The van der Waals surface area contributed by atoms with E-state index in [9.17, 15) is 45.0 Å². The number of hydrogen-bond acceptors (Lipinski definition) is 9. The number of hydrogen-bond donors (Lipinski definition) is 6. The molecule has 0 bridgehead atoms. The monoisotopic (exact) mass is 921 g/mol. The van der Waals surface area contributed by atoms with Crippen LogP contribution in [0.3, 0.4) is 0 Å². The number of rotatable bonds is 44. The fourth-order valence-corrected chi connectivity index (χ4v) is 7.24. The average Bonchev–Trinajstić information content (AvgIpc) is 3.32. The first-order valence-electron chi connectivity index (χ1n) is 25.6. The Hall–Kier alpha value is -3.57. The molecule has 0 saturated carbocycles. The van der Waals surface area contributed by atoms with Gasteiger partial charge in [0.1, 0.15) is 18.3 Å². The zero-order valence-electron chi connectivity index (χ0n) is 41.3. The number of allylic oxidation sites excluding steroid dienone is 18. The highest BCUT2D eigenvalue weighted by molar-refractivity contribution is 6.04. The molecule has 66 heavy (non-hydrogen) atoms. The quantitative estimate of drug-likeness (QED) is 0.0257. The highest BCUT2D eigenvalue weighted by Crippen LogP contribution is 2.27. The number of unbranched alkanes of at least 4 members (excludes halogenated alkanes) is 12. The van der Waals surface area contributed by atoms with Crippen molar-refractivity contribution in [2.75, 3.05) is 0 Å². The normalized spacial score (nSPS) is 16.1. The van der Waals surface area contributed by atoms with Crippen molar-refractivity contribution >= 4 is 17.3 Å². The molecule has 0 aliphatic heterocycles. The molecule has 0 aromatic carbocycles. The van der Waals surface area contributed by atoms with Gasteiger partial charge in [0.05, 0.1) is 0 Å². The van der Waals surface area contributed by atoms with Crippen LogP contribution in [0, 0.1) is 0 Å². The summed E-state index contributed by atoms with van der Waals surface area (Å²) >= 11 is 0. The summed E-state index contributed by atoms with van der Waals surface area (Å²) < 4.78 is 0. The van der Waals surface area contributed by atoms with Crippen LogP contribution in [-0.2, 0) is 14.4 Å². The van der Waals surface area contributed by atoms with Crippen molar-refractivity contribution in [3.8, 4) is 0 Å². The van der Waals surface area contributed by atoms with Gasteiger partial charge < -0.3 is 30.6 Å². The summed E-state index contributed by atoms with van der Waals surface area (Å²) in [5, 5.41) is 66.7. The predicted octanol–water partition coefficient (Wildman–Crippen LogP) is 11.8. The van der Waals surface area contributed by atoms with Crippen LogP contribution in [0.5, 0.6) is 0 Å². The van der Waals surface area contributed by atoms with Gasteiger partial charge in [0.2, 0.25) is 0 Å². The molecule has 0 fully saturated rings. The molecule has 0 aliphatic rings. The van der Waals surface area contributed by atoms with Gasteiger partial charge in [-0.1, -0.05) is 188 Å². The van der Waals surface area contributed by atoms with E-state index < -0.39 is 53.5 Å². The fourth-order valence-electron chi connectivity index (χ4n) is 7.24. The molecule has 9 heteroatoms. The second kappa shape index (κ2) is 44.0. The Morgan fingerprint density at radius 2 is 0.591 bits per heavy atom. The minimum atomic E-state index is -3.48. The Bertz CT molecular complexity index is 1420. The third-order valence-electron chi connectivity index (χ3n) is 11.4. The van der Waals surface area contributed by atoms with Gasteiger partial charge in [-0.2, -0.15) is 0 Å². The maximum Gasteiger partial charge on any atom is 0.199 e. The molecule has 5 unspecified atom stereocenters. The highest BCUT2D eigenvalue weighted by Gasteiger charge is 2.57. The molecule has 0 spiro atoms. The fraction of sp³-hybridized carbons (Fsp3) is 0.632. The van der Waals surface area contributed by atoms with Crippen LogP contribution in [0.4, 0.5) is 0 Å². The van der Waals surface area contributed by atoms with Crippen molar-refractivity contribution in [1.82, 2.24) is 0 Å².